The lowest BCUT2D eigenvalue weighted by Crippen LogP contribution is -2.21. The summed E-state index contributed by atoms with van der Waals surface area (Å²) in [6.07, 6.45) is 3.96. The molecule has 0 spiro atoms. The van der Waals surface area contributed by atoms with Crippen LogP contribution in [0.3, 0.4) is 0 Å². The molecule has 1 atom stereocenters. The molecule has 0 aromatic carbocycles. The molecule has 0 saturated carbocycles. The molecule has 2 N–H and O–H groups in total. The average Bonchev–Trinajstić information content (AvgIpc) is 2.43. The second kappa shape index (κ2) is 2.59. The van der Waals surface area contributed by atoms with E-state index in [1.165, 1.54) is 11.3 Å². The summed E-state index contributed by atoms with van der Waals surface area (Å²) in [6.45, 7) is 4.30. The summed E-state index contributed by atoms with van der Waals surface area (Å²) in [7, 11) is 0. The van der Waals surface area contributed by atoms with E-state index in [2.05, 4.69) is 23.6 Å². The Hall–Kier alpha value is -0.830. The van der Waals surface area contributed by atoms with Crippen LogP contribution in [0.2, 0.25) is 0 Å². The van der Waals surface area contributed by atoms with Gasteiger partial charge in [0.25, 0.3) is 0 Å². The Labute approximate surface area is 72.6 Å². The SMILES string of the molecule is CC(C)n1ncc2c1CC(N)C2. The van der Waals surface area contributed by atoms with Crippen molar-refractivity contribution in [1.29, 1.82) is 0 Å². The number of hydrogen-bond donors (Lipinski definition) is 1. The van der Waals surface area contributed by atoms with E-state index >= 15 is 0 Å². The van der Waals surface area contributed by atoms with Crippen molar-refractivity contribution in [2.24, 2.45) is 5.73 Å². The fourth-order valence-electron chi connectivity index (χ4n) is 1.87. The highest BCUT2D eigenvalue weighted by Crippen LogP contribution is 2.22. The van der Waals surface area contributed by atoms with Crippen LogP contribution in [0.1, 0.15) is 31.1 Å². The van der Waals surface area contributed by atoms with Gasteiger partial charge in [-0.05, 0) is 25.8 Å². The van der Waals surface area contributed by atoms with Gasteiger partial charge in [-0.15, -0.1) is 0 Å². The largest absolute Gasteiger partial charge is 0.327 e. The van der Waals surface area contributed by atoms with Crippen molar-refractivity contribution in [2.45, 2.75) is 38.8 Å². The van der Waals surface area contributed by atoms with Gasteiger partial charge in [0.15, 0.2) is 0 Å². The summed E-state index contributed by atoms with van der Waals surface area (Å²) in [5, 5.41) is 4.33. The summed E-state index contributed by atoms with van der Waals surface area (Å²) in [5.74, 6) is 0. The van der Waals surface area contributed by atoms with Gasteiger partial charge in [-0.2, -0.15) is 5.10 Å². The van der Waals surface area contributed by atoms with E-state index in [4.69, 9.17) is 5.73 Å². The predicted octanol–water partition coefficient (Wildman–Crippen LogP) is 0.890. The first-order valence-corrected chi connectivity index (χ1v) is 4.49. The molecule has 66 valence electrons. The molecule has 0 radical (unpaired) electrons. The van der Waals surface area contributed by atoms with Crippen LogP contribution in [-0.4, -0.2) is 15.8 Å². The molecule has 1 unspecified atom stereocenters. The predicted molar refractivity (Wildman–Crippen MR) is 48.0 cm³/mol. The van der Waals surface area contributed by atoms with E-state index in [-0.39, 0.29) is 0 Å². The highest BCUT2D eigenvalue weighted by molar-refractivity contribution is 5.26. The van der Waals surface area contributed by atoms with Crippen molar-refractivity contribution in [3.63, 3.8) is 0 Å². The van der Waals surface area contributed by atoms with Gasteiger partial charge in [0.2, 0.25) is 0 Å². The molecule has 0 bridgehead atoms. The van der Waals surface area contributed by atoms with Crippen molar-refractivity contribution in [3.8, 4) is 0 Å². The molecule has 0 fully saturated rings. The van der Waals surface area contributed by atoms with E-state index in [1.54, 1.807) is 0 Å². The number of rotatable bonds is 1. The third-order valence-corrected chi connectivity index (χ3v) is 2.41. The quantitative estimate of drug-likeness (QED) is 0.671. The van der Waals surface area contributed by atoms with Crippen LogP contribution in [0.15, 0.2) is 6.20 Å². The Morgan fingerprint density at radius 1 is 1.58 bits per heavy atom. The molecule has 0 amide bonds. The summed E-state index contributed by atoms with van der Waals surface area (Å²) >= 11 is 0. The third kappa shape index (κ3) is 1.05. The van der Waals surface area contributed by atoms with Crippen LogP contribution in [0, 0.1) is 0 Å². The van der Waals surface area contributed by atoms with Gasteiger partial charge < -0.3 is 5.73 Å². The van der Waals surface area contributed by atoms with Gasteiger partial charge >= 0.3 is 0 Å². The molecule has 0 aliphatic heterocycles. The molecule has 1 aliphatic carbocycles. The number of fused-ring (bicyclic) bond motifs is 1. The zero-order valence-corrected chi connectivity index (χ0v) is 7.62. The highest BCUT2D eigenvalue weighted by Gasteiger charge is 2.23. The highest BCUT2D eigenvalue weighted by atomic mass is 15.3. The van der Waals surface area contributed by atoms with E-state index in [9.17, 15) is 0 Å². The molecule has 1 aliphatic rings. The maximum absolute atomic E-state index is 5.86. The molecule has 1 aromatic rings. The molecule has 12 heavy (non-hydrogen) atoms. The Balaban J connectivity index is 2.37. The zero-order valence-electron chi connectivity index (χ0n) is 7.62. The molecule has 1 aromatic heterocycles. The minimum atomic E-state index is 0.322. The summed E-state index contributed by atoms with van der Waals surface area (Å²) in [4.78, 5) is 0. The topological polar surface area (TPSA) is 43.8 Å². The Kier molecular flexibility index (Phi) is 1.68. The van der Waals surface area contributed by atoms with Crippen LogP contribution < -0.4 is 5.73 Å². The lowest BCUT2D eigenvalue weighted by Gasteiger charge is -2.09. The standard InChI is InChI=1S/C9H15N3/c1-6(2)12-9-4-8(10)3-7(9)5-11-12/h5-6,8H,3-4,10H2,1-2H3. The molecule has 3 nitrogen and oxygen atoms in total. The van der Waals surface area contributed by atoms with Gasteiger partial charge in [0.1, 0.15) is 0 Å². The normalized spacial score (nSPS) is 21.8. The first-order valence-electron chi connectivity index (χ1n) is 4.49. The van der Waals surface area contributed by atoms with E-state index in [1.807, 2.05) is 6.20 Å². The molecule has 2 rings (SSSR count). The fourth-order valence-corrected chi connectivity index (χ4v) is 1.87. The summed E-state index contributed by atoms with van der Waals surface area (Å²) in [5.41, 5.74) is 8.55. The van der Waals surface area contributed by atoms with Crippen LogP contribution in [0.25, 0.3) is 0 Å². The first kappa shape index (κ1) is 7.80. The van der Waals surface area contributed by atoms with E-state index in [0.29, 0.717) is 12.1 Å². The Morgan fingerprint density at radius 2 is 2.33 bits per heavy atom. The number of nitrogens with two attached hydrogens (primary N) is 1. The van der Waals surface area contributed by atoms with Crippen molar-refractivity contribution in [3.05, 3.63) is 17.5 Å². The lowest BCUT2D eigenvalue weighted by atomic mass is 10.2. The maximum Gasteiger partial charge on any atom is 0.0525 e. The maximum atomic E-state index is 5.86. The number of aromatic nitrogens is 2. The van der Waals surface area contributed by atoms with Gasteiger partial charge in [-0.1, -0.05) is 0 Å². The zero-order chi connectivity index (χ0) is 8.72. The van der Waals surface area contributed by atoms with Crippen LogP contribution >= 0.6 is 0 Å². The minimum absolute atomic E-state index is 0.322. The van der Waals surface area contributed by atoms with E-state index < -0.39 is 0 Å². The van der Waals surface area contributed by atoms with Crippen LogP contribution in [0.4, 0.5) is 0 Å². The Bertz CT molecular complexity index is 288. The van der Waals surface area contributed by atoms with Gasteiger partial charge in [0, 0.05) is 24.2 Å². The summed E-state index contributed by atoms with van der Waals surface area (Å²) < 4.78 is 2.09. The first-order chi connectivity index (χ1) is 5.68. The number of nitrogens with zero attached hydrogens (tertiary/aromatic N) is 2. The molecular weight excluding hydrogens is 150 g/mol. The van der Waals surface area contributed by atoms with Crippen LogP contribution in [0.5, 0.6) is 0 Å². The second-order valence-electron chi connectivity index (χ2n) is 3.82. The van der Waals surface area contributed by atoms with Gasteiger partial charge in [-0.3, -0.25) is 4.68 Å². The summed E-state index contributed by atoms with van der Waals surface area (Å²) in [6, 6.07) is 0.780. The van der Waals surface area contributed by atoms with Crippen molar-refractivity contribution >= 4 is 0 Å². The van der Waals surface area contributed by atoms with Crippen molar-refractivity contribution < 1.29 is 0 Å². The molecule has 1 heterocycles. The molecular formula is C9H15N3. The average molecular weight is 165 g/mol. The smallest absolute Gasteiger partial charge is 0.0525 e. The van der Waals surface area contributed by atoms with Gasteiger partial charge in [-0.25, -0.2) is 0 Å². The molecule has 3 heteroatoms. The van der Waals surface area contributed by atoms with E-state index in [0.717, 1.165) is 12.8 Å². The van der Waals surface area contributed by atoms with Crippen LogP contribution in [-0.2, 0) is 12.8 Å². The minimum Gasteiger partial charge on any atom is -0.327 e. The monoisotopic (exact) mass is 165 g/mol. The third-order valence-electron chi connectivity index (χ3n) is 2.41. The number of hydrogen-bond acceptors (Lipinski definition) is 2. The van der Waals surface area contributed by atoms with Crippen molar-refractivity contribution in [1.82, 2.24) is 9.78 Å². The fraction of sp³-hybridized carbons (Fsp3) is 0.667. The van der Waals surface area contributed by atoms with Crippen molar-refractivity contribution in [2.75, 3.05) is 0 Å². The van der Waals surface area contributed by atoms with Gasteiger partial charge in [0.05, 0.1) is 6.20 Å². The second-order valence-corrected chi connectivity index (χ2v) is 3.82. The Morgan fingerprint density at radius 3 is 3.00 bits per heavy atom. The molecule has 0 saturated heterocycles. The lowest BCUT2D eigenvalue weighted by molar-refractivity contribution is 0.504.